The van der Waals surface area contributed by atoms with Crippen molar-refractivity contribution in [2.24, 2.45) is 4.99 Å². The molecule has 0 atom stereocenters. The van der Waals surface area contributed by atoms with Gasteiger partial charge in [0.15, 0.2) is 5.17 Å². The number of aliphatic imine (C=N–C) groups is 1. The lowest BCUT2D eigenvalue weighted by Gasteiger charge is -2.19. The van der Waals surface area contributed by atoms with Gasteiger partial charge in [-0.2, -0.15) is 0 Å². The fraction of sp³-hybridized carbons (Fsp3) is 0.235. The average Bonchev–Trinajstić information content (AvgIpc) is 2.99. The Morgan fingerprint density at radius 2 is 1.85 bits per heavy atom. The molecule has 0 saturated carbocycles. The van der Waals surface area contributed by atoms with Crippen molar-refractivity contribution in [1.82, 2.24) is 4.90 Å². The van der Waals surface area contributed by atoms with Crippen molar-refractivity contribution in [2.75, 3.05) is 13.1 Å². The monoisotopic (exact) mass is 280 g/mol. The van der Waals surface area contributed by atoms with Crippen LogP contribution in [0.15, 0.2) is 46.3 Å². The molecule has 0 saturated heterocycles. The third-order valence-electron chi connectivity index (χ3n) is 4.04. The summed E-state index contributed by atoms with van der Waals surface area (Å²) < 4.78 is 0. The van der Waals surface area contributed by atoms with Crippen molar-refractivity contribution in [3.8, 4) is 0 Å². The SMILES string of the molecule is CC1=C(c2cccc3c(C)cccc23)N2CCN=C2S1. The highest BCUT2D eigenvalue weighted by atomic mass is 32.2. The van der Waals surface area contributed by atoms with E-state index in [0.717, 1.165) is 13.1 Å². The Balaban J connectivity index is 1.97. The second-order valence-electron chi connectivity index (χ2n) is 5.30. The van der Waals surface area contributed by atoms with Gasteiger partial charge in [0.05, 0.1) is 12.2 Å². The summed E-state index contributed by atoms with van der Waals surface area (Å²) in [5.74, 6) is 0. The highest BCUT2D eigenvalue weighted by Crippen LogP contribution is 2.43. The molecule has 20 heavy (non-hydrogen) atoms. The summed E-state index contributed by atoms with van der Waals surface area (Å²) >= 11 is 1.81. The molecule has 3 heteroatoms. The summed E-state index contributed by atoms with van der Waals surface area (Å²) in [6.45, 7) is 6.31. The third kappa shape index (κ3) is 1.63. The van der Waals surface area contributed by atoms with Gasteiger partial charge >= 0.3 is 0 Å². The van der Waals surface area contributed by atoms with Crippen molar-refractivity contribution in [3.63, 3.8) is 0 Å². The van der Waals surface area contributed by atoms with Crippen LogP contribution in [0.3, 0.4) is 0 Å². The van der Waals surface area contributed by atoms with Gasteiger partial charge in [-0.15, -0.1) is 0 Å². The first-order valence-electron chi connectivity index (χ1n) is 6.95. The zero-order chi connectivity index (χ0) is 13.7. The quantitative estimate of drug-likeness (QED) is 0.776. The highest BCUT2D eigenvalue weighted by molar-refractivity contribution is 8.17. The van der Waals surface area contributed by atoms with E-state index in [4.69, 9.17) is 0 Å². The Morgan fingerprint density at radius 3 is 2.75 bits per heavy atom. The van der Waals surface area contributed by atoms with Crippen LogP contribution in [0.2, 0.25) is 0 Å². The first-order chi connectivity index (χ1) is 9.75. The van der Waals surface area contributed by atoms with Gasteiger partial charge in [-0.3, -0.25) is 4.99 Å². The van der Waals surface area contributed by atoms with E-state index in [0.29, 0.717) is 0 Å². The number of thioether (sulfide) groups is 1. The summed E-state index contributed by atoms with van der Waals surface area (Å²) in [6, 6.07) is 13.2. The molecule has 0 N–H and O–H groups in total. The minimum Gasteiger partial charge on any atom is -0.318 e. The Bertz CT molecular complexity index is 774. The summed E-state index contributed by atoms with van der Waals surface area (Å²) in [5, 5.41) is 3.86. The van der Waals surface area contributed by atoms with Crippen LogP contribution in [0.25, 0.3) is 16.5 Å². The molecule has 0 aliphatic carbocycles. The van der Waals surface area contributed by atoms with Crippen LogP contribution in [0.5, 0.6) is 0 Å². The fourth-order valence-corrected chi connectivity index (χ4v) is 4.14. The second-order valence-corrected chi connectivity index (χ2v) is 6.48. The number of rotatable bonds is 1. The number of hydrogen-bond donors (Lipinski definition) is 0. The Morgan fingerprint density at radius 1 is 1.05 bits per heavy atom. The van der Waals surface area contributed by atoms with Crippen LogP contribution in [-0.2, 0) is 0 Å². The summed E-state index contributed by atoms with van der Waals surface area (Å²) in [4.78, 5) is 8.32. The van der Waals surface area contributed by atoms with E-state index in [2.05, 4.69) is 60.1 Å². The predicted molar refractivity (Wildman–Crippen MR) is 87.9 cm³/mol. The number of nitrogens with zero attached hydrogens (tertiary/aromatic N) is 2. The van der Waals surface area contributed by atoms with Crippen molar-refractivity contribution in [3.05, 3.63) is 52.4 Å². The van der Waals surface area contributed by atoms with E-state index < -0.39 is 0 Å². The summed E-state index contributed by atoms with van der Waals surface area (Å²) in [6.07, 6.45) is 0. The molecule has 0 amide bonds. The fourth-order valence-electron chi connectivity index (χ4n) is 3.11. The van der Waals surface area contributed by atoms with Crippen molar-refractivity contribution >= 4 is 33.4 Å². The Labute approximate surface area is 123 Å². The van der Waals surface area contributed by atoms with Gasteiger partial charge in [0.25, 0.3) is 0 Å². The standard InChI is InChI=1S/C17H16N2S/c1-11-5-3-7-14-13(11)6-4-8-15(14)16-12(2)20-17-18-9-10-19(16)17/h3-8H,9-10H2,1-2H3. The van der Waals surface area contributed by atoms with Crippen LogP contribution < -0.4 is 0 Å². The van der Waals surface area contributed by atoms with Crippen LogP contribution in [-0.4, -0.2) is 23.2 Å². The van der Waals surface area contributed by atoms with Gasteiger partial charge in [-0.1, -0.05) is 48.2 Å². The van der Waals surface area contributed by atoms with Crippen molar-refractivity contribution in [2.45, 2.75) is 13.8 Å². The lowest BCUT2D eigenvalue weighted by Crippen LogP contribution is -2.20. The first kappa shape index (κ1) is 12.0. The maximum atomic E-state index is 4.59. The molecule has 4 rings (SSSR count). The molecule has 0 bridgehead atoms. The molecule has 2 heterocycles. The maximum Gasteiger partial charge on any atom is 0.168 e. The van der Waals surface area contributed by atoms with Crippen LogP contribution >= 0.6 is 11.8 Å². The number of aryl methyl sites for hydroxylation is 1. The lowest BCUT2D eigenvalue weighted by atomic mass is 9.98. The van der Waals surface area contributed by atoms with Crippen molar-refractivity contribution < 1.29 is 0 Å². The number of amidine groups is 1. The average molecular weight is 280 g/mol. The normalized spacial score (nSPS) is 17.9. The number of hydrogen-bond acceptors (Lipinski definition) is 3. The topological polar surface area (TPSA) is 15.6 Å². The van der Waals surface area contributed by atoms with E-state index in [-0.39, 0.29) is 0 Å². The van der Waals surface area contributed by atoms with Gasteiger partial charge in [-0.05, 0) is 30.2 Å². The number of fused-ring (bicyclic) bond motifs is 2. The second kappa shape index (κ2) is 4.38. The molecule has 2 aliphatic rings. The van der Waals surface area contributed by atoms with Crippen molar-refractivity contribution in [1.29, 1.82) is 0 Å². The molecule has 0 radical (unpaired) electrons. The first-order valence-corrected chi connectivity index (χ1v) is 7.77. The minimum atomic E-state index is 0.920. The Kier molecular flexibility index (Phi) is 2.64. The number of allylic oxidation sites excluding steroid dienone is 1. The molecule has 100 valence electrons. The Hall–Kier alpha value is -1.74. The molecule has 2 aliphatic heterocycles. The van der Waals surface area contributed by atoms with E-state index in [1.807, 2.05) is 11.8 Å². The molecule has 0 spiro atoms. The number of benzene rings is 2. The lowest BCUT2D eigenvalue weighted by molar-refractivity contribution is 0.648. The van der Waals surface area contributed by atoms with Gasteiger partial charge < -0.3 is 4.90 Å². The summed E-state index contributed by atoms with van der Waals surface area (Å²) in [7, 11) is 0. The molecule has 0 aromatic heterocycles. The molecule has 2 aromatic carbocycles. The van der Waals surface area contributed by atoms with Gasteiger partial charge in [0, 0.05) is 17.0 Å². The minimum absolute atomic E-state index is 0.920. The molecular formula is C17H16N2S. The van der Waals surface area contributed by atoms with E-state index in [1.165, 1.54) is 37.7 Å². The van der Waals surface area contributed by atoms with Crippen LogP contribution in [0.4, 0.5) is 0 Å². The summed E-state index contributed by atoms with van der Waals surface area (Å²) in [5.41, 5.74) is 4.02. The largest absolute Gasteiger partial charge is 0.318 e. The smallest absolute Gasteiger partial charge is 0.168 e. The van der Waals surface area contributed by atoms with Gasteiger partial charge in [0.1, 0.15) is 0 Å². The molecule has 2 nitrogen and oxygen atoms in total. The highest BCUT2D eigenvalue weighted by Gasteiger charge is 2.31. The van der Waals surface area contributed by atoms with E-state index in [9.17, 15) is 0 Å². The van der Waals surface area contributed by atoms with Crippen LogP contribution in [0, 0.1) is 6.92 Å². The van der Waals surface area contributed by atoms with Gasteiger partial charge in [-0.25, -0.2) is 0 Å². The molecule has 0 unspecified atom stereocenters. The predicted octanol–water partition coefficient (Wildman–Crippen LogP) is 4.26. The van der Waals surface area contributed by atoms with Crippen LogP contribution in [0.1, 0.15) is 18.1 Å². The zero-order valence-electron chi connectivity index (χ0n) is 11.7. The van der Waals surface area contributed by atoms with E-state index >= 15 is 0 Å². The molecular weight excluding hydrogens is 264 g/mol. The van der Waals surface area contributed by atoms with E-state index in [1.54, 1.807) is 0 Å². The third-order valence-corrected chi connectivity index (χ3v) is 5.08. The molecule has 0 fully saturated rings. The zero-order valence-corrected chi connectivity index (χ0v) is 12.5. The molecule has 2 aromatic rings. The van der Waals surface area contributed by atoms with Gasteiger partial charge in [0.2, 0.25) is 0 Å². The maximum absolute atomic E-state index is 4.59.